The molecule has 0 aliphatic carbocycles. The number of pyridine rings is 2. The van der Waals surface area contributed by atoms with Crippen LogP contribution in [0.3, 0.4) is 0 Å². The fourth-order valence-corrected chi connectivity index (χ4v) is 4.48. The first-order chi connectivity index (χ1) is 17.3. The van der Waals surface area contributed by atoms with Crippen molar-refractivity contribution in [2.45, 2.75) is 38.3 Å². The zero-order valence-electron chi connectivity index (χ0n) is 20.7. The van der Waals surface area contributed by atoms with Crippen LogP contribution in [-0.2, 0) is 22.5 Å². The van der Waals surface area contributed by atoms with Crippen LogP contribution < -0.4 is 15.1 Å². The third kappa shape index (κ3) is 5.13. The number of nitrogens with one attached hydrogen (secondary N) is 1. The average Bonchev–Trinajstić information content (AvgIpc) is 3.42. The first-order valence-electron chi connectivity index (χ1n) is 11.8. The van der Waals surface area contributed by atoms with Crippen molar-refractivity contribution in [1.82, 2.24) is 14.9 Å². The maximum absolute atomic E-state index is 13.2. The first-order valence-corrected chi connectivity index (χ1v) is 11.8. The van der Waals surface area contributed by atoms with Crippen molar-refractivity contribution in [3.63, 3.8) is 0 Å². The minimum atomic E-state index is -0.441. The molecule has 4 rings (SSSR count). The minimum Gasteiger partial charge on any atom is -0.376 e. The highest BCUT2D eigenvalue weighted by Gasteiger charge is 2.29. The molecule has 2 aliphatic rings. The lowest BCUT2D eigenvalue weighted by molar-refractivity contribution is -0.140. The van der Waals surface area contributed by atoms with Crippen molar-refractivity contribution < 1.29 is 19.1 Å². The number of rotatable bonds is 6. The minimum absolute atomic E-state index is 0.116. The van der Waals surface area contributed by atoms with Gasteiger partial charge in [0.15, 0.2) is 6.29 Å². The van der Waals surface area contributed by atoms with E-state index in [2.05, 4.69) is 21.4 Å². The molecule has 3 amide bonds. The van der Waals surface area contributed by atoms with Crippen LogP contribution >= 0.6 is 0 Å². The fraction of sp³-hybridized carbons (Fsp3) is 0.440. The van der Waals surface area contributed by atoms with Gasteiger partial charge < -0.3 is 14.5 Å². The number of amides is 3. The molecule has 0 bridgehead atoms. The summed E-state index contributed by atoms with van der Waals surface area (Å²) in [6.07, 6.45) is 4.59. The van der Waals surface area contributed by atoms with Gasteiger partial charge in [-0.15, -0.1) is 0 Å². The Morgan fingerprint density at radius 2 is 2.11 bits per heavy atom. The van der Waals surface area contributed by atoms with E-state index < -0.39 is 12.1 Å². The molecule has 188 valence electrons. The number of urea groups is 1. The van der Waals surface area contributed by atoms with E-state index in [1.54, 1.807) is 37.0 Å². The lowest BCUT2D eigenvalue weighted by atomic mass is 10.0. The molecule has 1 unspecified atom stereocenters. The highest BCUT2D eigenvalue weighted by atomic mass is 16.5. The number of carbonyl (C=O) groups is 3. The summed E-state index contributed by atoms with van der Waals surface area (Å²) in [7, 11) is 5.29. The summed E-state index contributed by atoms with van der Waals surface area (Å²) in [5.41, 5.74) is 2.68. The van der Waals surface area contributed by atoms with E-state index in [4.69, 9.17) is 4.74 Å². The Kier molecular flexibility index (Phi) is 7.45. The highest BCUT2D eigenvalue weighted by Crippen LogP contribution is 2.29. The topological polar surface area (TPSA) is 132 Å². The number of hydrogen-bond acceptors (Lipinski definition) is 8. The number of nitrogens with zero attached hydrogens (tertiary/aromatic N) is 6. The number of carbonyl (C=O) groups excluding carboxylic acids is 3. The summed E-state index contributed by atoms with van der Waals surface area (Å²) in [5, 5.41) is 12.1. The Balaban J connectivity index is 1.55. The largest absolute Gasteiger partial charge is 0.376 e. The number of likely N-dealkylation sites (N-methyl/N-ethyl adjacent to an activating group) is 1. The second kappa shape index (κ2) is 10.7. The van der Waals surface area contributed by atoms with Gasteiger partial charge in [-0.3, -0.25) is 19.8 Å². The zero-order valence-corrected chi connectivity index (χ0v) is 20.7. The standard InChI is InChI=1S/C25H29N7O4/c1-30(2)20-11-22(27-13-18(20)12-26)29-25(35)32-8-4-6-16-10-17(19(15-33)28-23(16)32)14-31(3)24(34)21-7-5-9-36-21/h10-11,13,15,21H,4-9,14H2,1-3H3,(H,27,29,35). The van der Waals surface area contributed by atoms with Crippen LogP contribution in [0.25, 0.3) is 0 Å². The number of aryl methyl sites for hydroxylation is 1. The monoisotopic (exact) mass is 491 g/mol. The van der Waals surface area contributed by atoms with E-state index in [1.165, 1.54) is 11.1 Å². The second-order valence-electron chi connectivity index (χ2n) is 9.11. The number of aromatic nitrogens is 2. The van der Waals surface area contributed by atoms with Gasteiger partial charge in [-0.05, 0) is 37.3 Å². The summed E-state index contributed by atoms with van der Waals surface area (Å²) in [5.74, 6) is 0.602. The van der Waals surface area contributed by atoms with Crippen molar-refractivity contribution in [3.05, 3.63) is 40.7 Å². The predicted octanol–water partition coefficient (Wildman–Crippen LogP) is 2.35. The smallest absolute Gasteiger partial charge is 0.328 e. The third-order valence-corrected chi connectivity index (χ3v) is 6.34. The van der Waals surface area contributed by atoms with Crippen LogP contribution in [0.2, 0.25) is 0 Å². The Morgan fingerprint density at radius 3 is 2.78 bits per heavy atom. The molecule has 11 heteroatoms. The van der Waals surface area contributed by atoms with Crippen LogP contribution in [0.5, 0.6) is 0 Å². The SMILES string of the molecule is CN(Cc1cc2c(nc1C=O)N(C(=O)Nc1cc(N(C)C)c(C#N)cn1)CCC2)C(=O)C1CCCO1. The van der Waals surface area contributed by atoms with E-state index in [1.807, 2.05) is 6.07 Å². The van der Waals surface area contributed by atoms with Gasteiger partial charge >= 0.3 is 6.03 Å². The summed E-state index contributed by atoms with van der Waals surface area (Å²) in [6, 6.07) is 5.15. The highest BCUT2D eigenvalue weighted by molar-refractivity contribution is 6.02. The number of aldehydes is 1. The van der Waals surface area contributed by atoms with E-state index in [0.717, 1.165) is 18.4 Å². The van der Waals surface area contributed by atoms with Crippen LogP contribution in [0.15, 0.2) is 18.3 Å². The summed E-state index contributed by atoms with van der Waals surface area (Å²) >= 11 is 0. The Bertz CT molecular complexity index is 1220. The molecule has 4 heterocycles. The van der Waals surface area contributed by atoms with E-state index in [-0.39, 0.29) is 18.1 Å². The van der Waals surface area contributed by atoms with Gasteiger partial charge in [0, 0.05) is 58.7 Å². The molecule has 0 aromatic carbocycles. The molecule has 2 aromatic heterocycles. The fourth-order valence-electron chi connectivity index (χ4n) is 4.48. The lowest BCUT2D eigenvalue weighted by Gasteiger charge is -2.30. The maximum atomic E-state index is 13.2. The first kappa shape index (κ1) is 25.1. The Hall–Kier alpha value is -4.04. The molecule has 1 N–H and O–H groups in total. The normalized spacial score (nSPS) is 16.6. The number of ether oxygens (including phenoxy) is 1. The maximum Gasteiger partial charge on any atom is 0.328 e. The van der Waals surface area contributed by atoms with Gasteiger partial charge in [0.2, 0.25) is 0 Å². The van der Waals surface area contributed by atoms with Gasteiger partial charge in [0.05, 0.1) is 11.3 Å². The molecule has 1 atom stereocenters. The van der Waals surface area contributed by atoms with E-state index in [0.29, 0.717) is 60.7 Å². The summed E-state index contributed by atoms with van der Waals surface area (Å²) in [4.78, 5) is 51.2. The van der Waals surface area contributed by atoms with E-state index in [9.17, 15) is 19.6 Å². The molecule has 0 saturated carbocycles. The predicted molar refractivity (Wildman–Crippen MR) is 133 cm³/mol. The summed E-state index contributed by atoms with van der Waals surface area (Å²) < 4.78 is 5.49. The van der Waals surface area contributed by atoms with Gasteiger partial charge in [0.25, 0.3) is 5.91 Å². The van der Waals surface area contributed by atoms with Crippen molar-refractivity contribution in [2.75, 3.05) is 49.4 Å². The van der Waals surface area contributed by atoms with Gasteiger partial charge in [-0.2, -0.15) is 5.26 Å². The second-order valence-corrected chi connectivity index (χ2v) is 9.11. The average molecular weight is 492 g/mol. The van der Waals surface area contributed by atoms with Gasteiger partial charge in [0.1, 0.15) is 29.5 Å². The molecule has 1 saturated heterocycles. The number of nitriles is 1. The molecule has 36 heavy (non-hydrogen) atoms. The van der Waals surface area contributed by atoms with Crippen molar-refractivity contribution in [2.24, 2.45) is 0 Å². The quantitative estimate of drug-likeness (QED) is 0.609. The summed E-state index contributed by atoms with van der Waals surface area (Å²) in [6.45, 7) is 1.23. The molecule has 2 aliphatic heterocycles. The zero-order chi connectivity index (χ0) is 25.8. The lowest BCUT2D eigenvalue weighted by Crippen LogP contribution is -2.40. The van der Waals surface area contributed by atoms with E-state index >= 15 is 0 Å². The number of hydrogen-bond donors (Lipinski definition) is 1. The molecule has 11 nitrogen and oxygen atoms in total. The van der Waals surface area contributed by atoms with Crippen molar-refractivity contribution in [3.8, 4) is 6.07 Å². The molecule has 0 radical (unpaired) electrons. The number of anilines is 3. The molecule has 1 fully saturated rings. The van der Waals surface area contributed by atoms with Crippen LogP contribution in [0.1, 0.15) is 46.4 Å². The Labute approximate surface area is 209 Å². The molecular weight excluding hydrogens is 462 g/mol. The van der Waals surface area contributed by atoms with Gasteiger partial charge in [-0.25, -0.2) is 14.8 Å². The molecular formula is C25H29N7O4. The van der Waals surface area contributed by atoms with Crippen molar-refractivity contribution in [1.29, 1.82) is 5.26 Å². The molecule has 2 aromatic rings. The van der Waals surface area contributed by atoms with Gasteiger partial charge in [-0.1, -0.05) is 0 Å². The Morgan fingerprint density at radius 1 is 1.31 bits per heavy atom. The number of fused-ring (bicyclic) bond motifs is 1. The van der Waals surface area contributed by atoms with Crippen LogP contribution in [0, 0.1) is 11.3 Å². The molecule has 0 spiro atoms. The third-order valence-electron chi connectivity index (χ3n) is 6.34. The van der Waals surface area contributed by atoms with Crippen molar-refractivity contribution >= 4 is 35.5 Å². The van der Waals surface area contributed by atoms with Crippen LogP contribution in [0.4, 0.5) is 22.1 Å². The van der Waals surface area contributed by atoms with Crippen LogP contribution in [-0.4, -0.2) is 73.5 Å².